The monoisotopic (exact) mass is 347 g/mol. The molecule has 0 spiro atoms. The molecule has 0 atom stereocenters. The van der Waals surface area contributed by atoms with E-state index >= 15 is 0 Å². The second-order valence-corrected chi connectivity index (χ2v) is 0.575. The van der Waals surface area contributed by atoms with E-state index in [-0.39, 0.29) is 45.7 Å². The molecule has 0 fully saturated rings. The van der Waals surface area contributed by atoms with Gasteiger partial charge in [0.05, 0.1) is 11.9 Å². The first-order valence-corrected chi connectivity index (χ1v) is 1.07. The minimum absolute atomic E-state index is 0. The molecule has 0 aromatic rings. The summed E-state index contributed by atoms with van der Waals surface area (Å²) in [5.41, 5.74) is 0. The molecular formula is C2H8N4O4Pt-2. The van der Waals surface area contributed by atoms with E-state index < -0.39 is 11.9 Å². The van der Waals surface area contributed by atoms with Crippen LogP contribution in [0.4, 0.5) is 0 Å². The van der Waals surface area contributed by atoms with Gasteiger partial charge in [0, 0.05) is 0 Å². The van der Waals surface area contributed by atoms with Crippen molar-refractivity contribution >= 4 is 11.9 Å². The van der Waals surface area contributed by atoms with Crippen LogP contribution in [0.5, 0.6) is 0 Å². The van der Waals surface area contributed by atoms with E-state index in [1.165, 1.54) is 0 Å². The molecule has 0 heterocycles. The summed E-state index contributed by atoms with van der Waals surface area (Å²) in [4.78, 5) is 17.9. The zero-order valence-electron chi connectivity index (χ0n) is 5.26. The number of nitrogens with two attached hydrogens (primary N) is 4. The van der Waals surface area contributed by atoms with E-state index in [2.05, 4.69) is 0 Å². The van der Waals surface area contributed by atoms with Gasteiger partial charge in [0.1, 0.15) is 0 Å². The van der Waals surface area contributed by atoms with Crippen molar-refractivity contribution in [1.82, 2.24) is 0 Å². The van der Waals surface area contributed by atoms with Crippen LogP contribution in [-0.2, 0) is 30.7 Å². The summed E-state index contributed by atoms with van der Waals surface area (Å²) in [5.74, 6) is -4.37. The van der Waals surface area contributed by atoms with Crippen LogP contribution in [0.1, 0.15) is 0 Å². The molecule has 8 N–H and O–H groups in total. The molecule has 11 heavy (non-hydrogen) atoms. The first kappa shape index (κ1) is 47.0. The maximum Gasteiger partial charge on any atom is 4.00 e. The third-order valence-electron chi connectivity index (χ3n) is 0.167. The molecule has 0 rings (SSSR count). The van der Waals surface area contributed by atoms with Crippen LogP contribution in [0.25, 0.3) is 24.6 Å². The average molecular weight is 347 g/mol. The molecule has 8 nitrogen and oxygen atoms in total. The minimum Gasteiger partial charge on any atom is -0.693 e. The molecule has 0 aliphatic rings. The van der Waals surface area contributed by atoms with Gasteiger partial charge in [-0.15, -0.1) is 0 Å². The maximum absolute atomic E-state index is 8.93. The van der Waals surface area contributed by atoms with Crippen LogP contribution in [0.2, 0.25) is 0 Å². The Morgan fingerprint density at radius 2 is 0.818 bits per heavy atom. The summed E-state index contributed by atoms with van der Waals surface area (Å²) in [6, 6.07) is 0. The molecule has 0 aromatic carbocycles. The number of hydrogen-bond acceptors (Lipinski definition) is 4. The fraction of sp³-hybridized carbons (Fsp3) is 0. The number of carboxylic acid groups (broad SMARTS) is 2. The van der Waals surface area contributed by atoms with Gasteiger partial charge in [-0.3, -0.25) is 0 Å². The zero-order valence-corrected chi connectivity index (χ0v) is 7.53. The van der Waals surface area contributed by atoms with Crippen molar-refractivity contribution in [3.8, 4) is 0 Å². The standard InChI is InChI=1S/C2H2O4.4H2N.Pt/c3-1(4)2(5)6;;;;;/h(H,3,4)(H,5,6);4*1H2;/q;4*-1;+4/p-2. The summed E-state index contributed by atoms with van der Waals surface area (Å²) < 4.78 is 0. The first-order chi connectivity index (χ1) is 2.64. The van der Waals surface area contributed by atoms with Gasteiger partial charge in [0.2, 0.25) is 0 Å². The molecule has 0 saturated carbocycles. The van der Waals surface area contributed by atoms with Gasteiger partial charge >= 0.3 is 21.1 Å². The summed E-state index contributed by atoms with van der Waals surface area (Å²) in [7, 11) is 0. The van der Waals surface area contributed by atoms with Crippen LogP contribution in [-0.4, -0.2) is 11.9 Å². The van der Waals surface area contributed by atoms with Crippen molar-refractivity contribution in [1.29, 1.82) is 0 Å². The largest absolute Gasteiger partial charge is 4.00 e. The first-order valence-electron chi connectivity index (χ1n) is 1.07. The van der Waals surface area contributed by atoms with Crippen LogP contribution in [0.3, 0.4) is 0 Å². The van der Waals surface area contributed by atoms with Crippen molar-refractivity contribution in [3.63, 3.8) is 0 Å². The molecule has 0 aromatic heterocycles. The van der Waals surface area contributed by atoms with Gasteiger partial charge < -0.3 is 44.4 Å². The van der Waals surface area contributed by atoms with E-state index in [1.807, 2.05) is 0 Å². The Kier molecular flexibility index (Phi) is 97.0. The maximum atomic E-state index is 8.93. The Bertz CT molecular complexity index is 86.1. The van der Waals surface area contributed by atoms with Crippen LogP contribution in [0, 0.1) is 0 Å². The van der Waals surface area contributed by atoms with Gasteiger partial charge in [0.15, 0.2) is 0 Å². The number of rotatable bonds is 0. The van der Waals surface area contributed by atoms with Crippen LogP contribution < -0.4 is 10.2 Å². The van der Waals surface area contributed by atoms with E-state index in [0.29, 0.717) is 0 Å². The van der Waals surface area contributed by atoms with Crippen molar-refractivity contribution in [2.24, 2.45) is 0 Å². The third-order valence-corrected chi connectivity index (χ3v) is 0.167. The summed E-state index contributed by atoms with van der Waals surface area (Å²) in [6.45, 7) is 0. The van der Waals surface area contributed by atoms with Crippen LogP contribution in [0.15, 0.2) is 0 Å². The molecule has 0 saturated heterocycles. The summed E-state index contributed by atoms with van der Waals surface area (Å²) in [6.07, 6.45) is 0. The molecule has 0 aliphatic carbocycles. The minimum atomic E-state index is -2.19. The average Bonchev–Trinajstić information content (AvgIpc) is 1.36. The van der Waals surface area contributed by atoms with Crippen molar-refractivity contribution < 1.29 is 40.9 Å². The second kappa shape index (κ2) is 22.7. The Morgan fingerprint density at radius 3 is 0.818 bits per heavy atom. The number of carbonyl (C=O) groups excluding carboxylic acids is 2. The van der Waals surface area contributed by atoms with E-state index in [9.17, 15) is 0 Å². The SMILES string of the molecule is O=C([O-])C(=O)[O-].[NH2-].[NH2-].[NH2-].[NH2-].[Pt+4]. The number of carboxylic acids is 2. The van der Waals surface area contributed by atoms with E-state index in [0.717, 1.165) is 0 Å². The van der Waals surface area contributed by atoms with E-state index in [1.54, 1.807) is 0 Å². The Balaban J connectivity index is -0.0000000125. The molecule has 72 valence electrons. The van der Waals surface area contributed by atoms with Crippen LogP contribution >= 0.6 is 0 Å². The number of hydrogen-bond donors (Lipinski definition) is 0. The van der Waals surface area contributed by atoms with Gasteiger partial charge in [-0.2, -0.15) is 0 Å². The van der Waals surface area contributed by atoms with E-state index in [4.69, 9.17) is 19.8 Å². The normalized spacial score (nSPS) is 4.00. The third kappa shape index (κ3) is 43.9. The molecule has 0 aliphatic heterocycles. The molecule has 0 unspecified atom stereocenters. The Hall–Kier alpha value is -0.532. The summed E-state index contributed by atoms with van der Waals surface area (Å²) >= 11 is 0. The van der Waals surface area contributed by atoms with Gasteiger partial charge in [-0.05, 0) is 0 Å². The molecule has 0 bridgehead atoms. The second-order valence-electron chi connectivity index (χ2n) is 0.575. The molecule has 0 radical (unpaired) electrons. The van der Waals surface area contributed by atoms with Crippen molar-refractivity contribution in [3.05, 3.63) is 24.6 Å². The van der Waals surface area contributed by atoms with Crippen molar-refractivity contribution in [2.45, 2.75) is 0 Å². The quantitative estimate of drug-likeness (QED) is 0.522. The smallest absolute Gasteiger partial charge is 0.693 e. The zero-order chi connectivity index (χ0) is 5.15. The number of carbonyl (C=O) groups is 2. The van der Waals surface area contributed by atoms with Gasteiger partial charge in [0.25, 0.3) is 0 Å². The predicted molar refractivity (Wildman–Crippen MR) is 31.2 cm³/mol. The molecular weight excluding hydrogens is 339 g/mol. The summed E-state index contributed by atoms with van der Waals surface area (Å²) in [5, 5.41) is 17.9. The molecule has 0 amide bonds. The number of aliphatic carboxylic acids is 2. The fourth-order valence-electron chi connectivity index (χ4n) is 0. The topological polar surface area (TPSA) is 214 Å². The predicted octanol–water partition coefficient (Wildman–Crippen LogP) is -0.648. The Labute approximate surface area is 77.9 Å². The van der Waals surface area contributed by atoms with Crippen molar-refractivity contribution in [2.75, 3.05) is 0 Å². The van der Waals surface area contributed by atoms with Gasteiger partial charge in [-0.1, -0.05) is 0 Å². The molecule has 9 heteroatoms. The Morgan fingerprint density at radius 1 is 0.727 bits per heavy atom. The van der Waals surface area contributed by atoms with Gasteiger partial charge in [-0.25, -0.2) is 0 Å². The fourth-order valence-corrected chi connectivity index (χ4v) is 0.